The molecule has 1 N–H and O–H groups in total. The van der Waals surface area contributed by atoms with Gasteiger partial charge in [0.1, 0.15) is 6.54 Å². The van der Waals surface area contributed by atoms with Crippen molar-refractivity contribution in [2.75, 3.05) is 0 Å². The van der Waals surface area contributed by atoms with E-state index < -0.39 is 22.8 Å². The van der Waals surface area contributed by atoms with Crippen molar-refractivity contribution in [2.24, 2.45) is 0 Å². The molecule has 1 unspecified atom stereocenters. The molecule has 10 heteroatoms. The van der Waals surface area contributed by atoms with Crippen LogP contribution in [0.4, 0.5) is 13.2 Å². The highest BCUT2D eigenvalue weighted by Gasteiger charge is 2.38. The van der Waals surface area contributed by atoms with Crippen molar-refractivity contribution in [1.82, 2.24) is 24.9 Å². The number of hydrogen-bond acceptors (Lipinski definition) is 3. The molecule has 24 heavy (non-hydrogen) atoms. The second kappa shape index (κ2) is 6.84. The molecule has 1 atom stereocenters. The zero-order valence-electron chi connectivity index (χ0n) is 13.4. The molecule has 0 aromatic carbocycles. The summed E-state index contributed by atoms with van der Waals surface area (Å²) in [6.07, 6.45) is -3.04. The number of hydrogen-bond donors (Lipinski definition) is 1. The van der Waals surface area contributed by atoms with Gasteiger partial charge < -0.3 is 5.32 Å². The van der Waals surface area contributed by atoms with Crippen LogP contribution in [0.25, 0.3) is 0 Å². The molecule has 0 fully saturated rings. The number of nitrogens with one attached hydrogen (secondary N) is 1. The zero-order chi connectivity index (χ0) is 18.1. The Balaban J connectivity index is 2.10. The molecule has 132 valence electrons. The maximum absolute atomic E-state index is 12.8. The van der Waals surface area contributed by atoms with E-state index in [1.165, 1.54) is 6.92 Å². The lowest BCUT2D eigenvalue weighted by molar-refractivity contribution is -0.141. The van der Waals surface area contributed by atoms with Gasteiger partial charge >= 0.3 is 6.18 Å². The first-order valence-corrected chi connectivity index (χ1v) is 7.64. The van der Waals surface area contributed by atoms with Gasteiger partial charge in [-0.3, -0.25) is 14.2 Å². The fraction of sp³-hybridized carbons (Fsp3) is 0.500. The van der Waals surface area contributed by atoms with Crippen molar-refractivity contribution in [3.05, 3.63) is 34.4 Å². The van der Waals surface area contributed by atoms with Gasteiger partial charge in [0.15, 0.2) is 5.69 Å². The van der Waals surface area contributed by atoms with Gasteiger partial charge in [-0.25, -0.2) is 0 Å². The quantitative estimate of drug-likeness (QED) is 0.888. The minimum atomic E-state index is -4.66. The van der Waals surface area contributed by atoms with Gasteiger partial charge in [-0.2, -0.15) is 23.4 Å². The van der Waals surface area contributed by atoms with E-state index in [1.807, 2.05) is 6.92 Å². The number of aromatic nitrogens is 4. The van der Waals surface area contributed by atoms with Crippen LogP contribution >= 0.6 is 11.6 Å². The van der Waals surface area contributed by atoms with Crippen LogP contribution in [0.3, 0.4) is 0 Å². The van der Waals surface area contributed by atoms with Crippen molar-refractivity contribution in [3.8, 4) is 0 Å². The number of halogens is 4. The first kappa shape index (κ1) is 18.3. The van der Waals surface area contributed by atoms with Crippen LogP contribution in [-0.2, 0) is 24.1 Å². The number of aryl methyl sites for hydroxylation is 1. The van der Waals surface area contributed by atoms with Crippen molar-refractivity contribution in [2.45, 2.75) is 46.1 Å². The summed E-state index contributed by atoms with van der Waals surface area (Å²) in [7, 11) is 0. The fourth-order valence-electron chi connectivity index (χ4n) is 2.33. The van der Waals surface area contributed by atoms with Crippen molar-refractivity contribution < 1.29 is 18.0 Å². The van der Waals surface area contributed by atoms with Crippen LogP contribution in [0.15, 0.2) is 12.3 Å². The molecular weight excluding hydrogens is 347 g/mol. The Morgan fingerprint density at radius 1 is 1.42 bits per heavy atom. The number of amides is 1. The Morgan fingerprint density at radius 2 is 2.08 bits per heavy atom. The summed E-state index contributed by atoms with van der Waals surface area (Å²) in [6, 6.07) is 1.43. The van der Waals surface area contributed by atoms with Gasteiger partial charge in [0.25, 0.3) is 0 Å². The Morgan fingerprint density at radius 3 is 2.62 bits per heavy atom. The highest BCUT2D eigenvalue weighted by atomic mass is 35.5. The van der Waals surface area contributed by atoms with Crippen LogP contribution in [0.2, 0.25) is 5.02 Å². The van der Waals surface area contributed by atoms with Crippen LogP contribution in [0.1, 0.15) is 37.0 Å². The molecule has 2 aromatic rings. The van der Waals surface area contributed by atoms with Crippen LogP contribution < -0.4 is 5.32 Å². The molecule has 0 saturated carbocycles. The summed E-state index contributed by atoms with van der Waals surface area (Å²) < 4.78 is 41.0. The van der Waals surface area contributed by atoms with E-state index in [4.69, 9.17) is 11.6 Å². The summed E-state index contributed by atoms with van der Waals surface area (Å²) in [5.74, 6) is -0.470. The summed E-state index contributed by atoms with van der Waals surface area (Å²) in [5.41, 5.74) is -0.297. The van der Waals surface area contributed by atoms with Gasteiger partial charge in [-0.15, -0.1) is 0 Å². The lowest BCUT2D eigenvalue weighted by Gasteiger charge is -2.15. The van der Waals surface area contributed by atoms with Crippen LogP contribution in [-0.4, -0.2) is 25.5 Å². The third-order valence-corrected chi connectivity index (χ3v) is 4.02. The molecule has 0 aliphatic carbocycles. The molecule has 0 aliphatic rings. The number of alkyl halides is 3. The molecule has 2 heterocycles. The highest BCUT2D eigenvalue weighted by Crippen LogP contribution is 2.35. The summed E-state index contributed by atoms with van der Waals surface area (Å²) in [5, 5.41) is 9.74. The van der Waals surface area contributed by atoms with Crippen molar-refractivity contribution in [1.29, 1.82) is 0 Å². The summed E-state index contributed by atoms with van der Waals surface area (Å²) in [4.78, 5) is 12.1. The smallest absolute Gasteiger partial charge is 0.346 e. The van der Waals surface area contributed by atoms with Gasteiger partial charge in [0, 0.05) is 12.7 Å². The number of rotatable bonds is 5. The Kier molecular flexibility index (Phi) is 5.22. The number of nitrogens with zero attached hydrogens (tertiary/aromatic N) is 4. The maximum atomic E-state index is 12.8. The molecule has 2 aromatic heterocycles. The summed E-state index contributed by atoms with van der Waals surface area (Å²) >= 11 is 5.66. The molecule has 0 bridgehead atoms. The molecule has 1 amide bonds. The number of carbonyl (C=O) groups is 1. The molecule has 0 radical (unpaired) electrons. The standard InChI is InChI=1S/C14H17ClF3N5O/c1-4-22-10(5-6-19-22)8(2)20-11(24)7-23-9(3)12(15)13(21-23)14(16,17)18/h5-6,8H,4,7H2,1-3H3,(H,20,24). The molecule has 0 aliphatic heterocycles. The summed E-state index contributed by atoms with van der Waals surface area (Å²) in [6.45, 7) is 5.36. The van der Waals surface area contributed by atoms with Crippen LogP contribution in [0.5, 0.6) is 0 Å². The second-order valence-electron chi connectivity index (χ2n) is 5.26. The average molecular weight is 364 g/mol. The zero-order valence-corrected chi connectivity index (χ0v) is 14.1. The van der Waals surface area contributed by atoms with E-state index in [1.54, 1.807) is 23.9 Å². The molecule has 0 saturated heterocycles. The fourth-order valence-corrected chi connectivity index (χ4v) is 2.57. The van der Waals surface area contributed by atoms with E-state index >= 15 is 0 Å². The van der Waals surface area contributed by atoms with Gasteiger partial charge in [-0.1, -0.05) is 11.6 Å². The van der Waals surface area contributed by atoms with Gasteiger partial charge in [0.05, 0.1) is 22.5 Å². The molecule has 6 nitrogen and oxygen atoms in total. The van der Waals surface area contributed by atoms with E-state index in [0.29, 0.717) is 6.54 Å². The largest absolute Gasteiger partial charge is 0.436 e. The molecule has 2 rings (SSSR count). The van der Waals surface area contributed by atoms with Crippen molar-refractivity contribution >= 4 is 17.5 Å². The van der Waals surface area contributed by atoms with Gasteiger partial charge in [-0.05, 0) is 26.8 Å². The lowest BCUT2D eigenvalue weighted by Crippen LogP contribution is -2.32. The van der Waals surface area contributed by atoms with E-state index in [9.17, 15) is 18.0 Å². The maximum Gasteiger partial charge on any atom is 0.436 e. The predicted molar refractivity (Wildman–Crippen MR) is 81.4 cm³/mol. The Labute approximate surface area is 141 Å². The van der Waals surface area contributed by atoms with E-state index in [2.05, 4.69) is 15.5 Å². The van der Waals surface area contributed by atoms with E-state index in [0.717, 1.165) is 10.4 Å². The first-order valence-electron chi connectivity index (χ1n) is 7.26. The minimum absolute atomic E-state index is 0.0883. The second-order valence-corrected chi connectivity index (χ2v) is 5.64. The Hall–Kier alpha value is -2.03. The molecular formula is C14H17ClF3N5O. The predicted octanol–water partition coefficient (Wildman–Crippen LogP) is 2.96. The highest BCUT2D eigenvalue weighted by molar-refractivity contribution is 6.32. The van der Waals surface area contributed by atoms with E-state index in [-0.39, 0.29) is 18.3 Å². The number of carbonyl (C=O) groups excluding carboxylic acids is 1. The minimum Gasteiger partial charge on any atom is -0.346 e. The SMILES string of the molecule is CCn1nccc1C(C)NC(=O)Cn1nc(C(F)(F)F)c(Cl)c1C. The lowest BCUT2D eigenvalue weighted by atomic mass is 10.2. The topological polar surface area (TPSA) is 64.7 Å². The monoisotopic (exact) mass is 363 g/mol. The normalized spacial score (nSPS) is 13.1. The van der Waals surface area contributed by atoms with Gasteiger partial charge in [0.2, 0.25) is 5.91 Å². The third-order valence-electron chi connectivity index (χ3n) is 3.57. The molecule has 0 spiro atoms. The first-order chi connectivity index (χ1) is 11.1. The average Bonchev–Trinajstić information content (AvgIpc) is 3.06. The van der Waals surface area contributed by atoms with Crippen LogP contribution in [0, 0.1) is 6.92 Å². The Bertz CT molecular complexity index is 737. The van der Waals surface area contributed by atoms with Crippen molar-refractivity contribution in [3.63, 3.8) is 0 Å². The third kappa shape index (κ3) is 3.72.